The molecule has 1 aromatic carbocycles. The molecule has 0 saturated carbocycles. The Morgan fingerprint density at radius 2 is 2.06 bits per heavy atom. The molecule has 0 radical (unpaired) electrons. The molecule has 5 heteroatoms. The van der Waals surface area contributed by atoms with Crippen LogP contribution in [0, 0.1) is 0 Å². The Morgan fingerprint density at radius 3 is 2.59 bits per heavy atom. The SMILES string of the molecule is CNC(=O)CN(C)C[C@@H](O)c1ccc(Br)cc1. The summed E-state index contributed by atoms with van der Waals surface area (Å²) in [5.41, 5.74) is 0.844. The van der Waals surface area contributed by atoms with E-state index < -0.39 is 6.10 Å². The van der Waals surface area contributed by atoms with Crippen LogP contribution in [0.1, 0.15) is 11.7 Å². The maximum atomic E-state index is 11.1. The van der Waals surface area contributed by atoms with Crippen LogP contribution in [0.5, 0.6) is 0 Å². The van der Waals surface area contributed by atoms with E-state index in [9.17, 15) is 9.90 Å². The Morgan fingerprint density at radius 1 is 1.47 bits per heavy atom. The van der Waals surface area contributed by atoms with Gasteiger partial charge in [-0.3, -0.25) is 9.69 Å². The van der Waals surface area contributed by atoms with Crippen molar-refractivity contribution in [3.63, 3.8) is 0 Å². The molecule has 0 aromatic heterocycles. The molecular formula is C12H17BrN2O2. The molecule has 94 valence electrons. The molecule has 0 aliphatic rings. The topological polar surface area (TPSA) is 52.6 Å². The summed E-state index contributed by atoms with van der Waals surface area (Å²) in [6, 6.07) is 7.50. The average Bonchev–Trinajstić information content (AvgIpc) is 2.29. The van der Waals surface area contributed by atoms with Gasteiger partial charge in [0.05, 0.1) is 12.6 Å². The Hall–Kier alpha value is -0.910. The van der Waals surface area contributed by atoms with E-state index in [1.807, 2.05) is 24.3 Å². The number of hydrogen-bond acceptors (Lipinski definition) is 3. The van der Waals surface area contributed by atoms with Crippen molar-refractivity contribution in [1.82, 2.24) is 10.2 Å². The largest absolute Gasteiger partial charge is 0.387 e. The zero-order chi connectivity index (χ0) is 12.8. The van der Waals surface area contributed by atoms with Crippen molar-refractivity contribution < 1.29 is 9.90 Å². The first kappa shape index (κ1) is 14.2. The van der Waals surface area contributed by atoms with Crippen molar-refractivity contribution in [1.29, 1.82) is 0 Å². The first-order chi connectivity index (χ1) is 8.02. The van der Waals surface area contributed by atoms with Crippen molar-refractivity contribution in [2.24, 2.45) is 0 Å². The highest BCUT2D eigenvalue weighted by Gasteiger charge is 2.12. The van der Waals surface area contributed by atoms with Crippen LogP contribution >= 0.6 is 15.9 Å². The highest BCUT2D eigenvalue weighted by molar-refractivity contribution is 9.10. The summed E-state index contributed by atoms with van der Waals surface area (Å²) >= 11 is 3.34. The standard InChI is InChI=1S/C12H17BrN2O2/c1-14-12(17)8-15(2)7-11(16)9-3-5-10(13)6-4-9/h3-6,11,16H,7-8H2,1-2H3,(H,14,17)/t11-/m1/s1. The third kappa shape index (κ3) is 4.85. The van der Waals surface area contributed by atoms with E-state index in [4.69, 9.17) is 0 Å². The Bertz CT molecular complexity index is 367. The summed E-state index contributed by atoms with van der Waals surface area (Å²) in [5, 5.41) is 12.5. The molecule has 0 bridgehead atoms. The van der Waals surface area contributed by atoms with Gasteiger partial charge in [0.2, 0.25) is 5.91 Å². The number of benzene rings is 1. The van der Waals surface area contributed by atoms with E-state index in [0.29, 0.717) is 6.54 Å². The molecule has 17 heavy (non-hydrogen) atoms. The molecule has 4 nitrogen and oxygen atoms in total. The van der Waals surface area contributed by atoms with Crippen LogP contribution in [0.3, 0.4) is 0 Å². The highest BCUT2D eigenvalue weighted by atomic mass is 79.9. The van der Waals surface area contributed by atoms with Gasteiger partial charge in [-0.2, -0.15) is 0 Å². The third-order valence-corrected chi connectivity index (χ3v) is 2.96. The molecule has 1 amide bonds. The maximum absolute atomic E-state index is 11.1. The molecule has 0 heterocycles. The molecule has 0 unspecified atom stereocenters. The van der Waals surface area contributed by atoms with Gasteiger partial charge in [-0.25, -0.2) is 0 Å². The van der Waals surface area contributed by atoms with E-state index in [-0.39, 0.29) is 12.5 Å². The Labute approximate surface area is 110 Å². The maximum Gasteiger partial charge on any atom is 0.233 e. The number of hydrogen-bond donors (Lipinski definition) is 2. The van der Waals surface area contributed by atoms with Crippen LogP contribution in [-0.4, -0.2) is 43.1 Å². The van der Waals surface area contributed by atoms with Gasteiger partial charge in [-0.1, -0.05) is 28.1 Å². The van der Waals surface area contributed by atoms with Crippen molar-refractivity contribution in [3.05, 3.63) is 34.3 Å². The fourth-order valence-electron chi connectivity index (χ4n) is 1.47. The molecule has 0 aliphatic carbocycles. The summed E-state index contributed by atoms with van der Waals surface area (Å²) in [6.45, 7) is 0.707. The summed E-state index contributed by atoms with van der Waals surface area (Å²) in [6.07, 6.45) is -0.585. The fraction of sp³-hybridized carbons (Fsp3) is 0.417. The van der Waals surface area contributed by atoms with Gasteiger partial charge in [0, 0.05) is 18.1 Å². The molecule has 2 N–H and O–H groups in total. The summed E-state index contributed by atoms with van der Waals surface area (Å²) in [5.74, 6) is -0.0597. The normalized spacial score (nSPS) is 12.5. The van der Waals surface area contributed by atoms with Crippen molar-refractivity contribution in [2.45, 2.75) is 6.10 Å². The number of aliphatic hydroxyl groups excluding tert-OH is 1. The number of carbonyl (C=O) groups is 1. The van der Waals surface area contributed by atoms with E-state index in [2.05, 4.69) is 21.2 Å². The lowest BCUT2D eigenvalue weighted by Crippen LogP contribution is -2.35. The van der Waals surface area contributed by atoms with Gasteiger partial charge in [0.25, 0.3) is 0 Å². The smallest absolute Gasteiger partial charge is 0.233 e. The quantitative estimate of drug-likeness (QED) is 0.858. The number of carbonyl (C=O) groups excluding carboxylic acids is 1. The molecule has 0 saturated heterocycles. The number of nitrogens with one attached hydrogen (secondary N) is 1. The second kappa shape index (κ2) is 6.74. The zero-order valence-corrected chi connectivity index (χ0v) is 11.6. The zero-order valence-electron chi connectivity index (χ0n) is 9.98. The number of amides is 1. The van der Waals surface area contributed by atoms with Crippen LogP contribution in [-0.2, 0) is 4.79 Å². The first-order valence-corrected chi connectivity index (χ1v) is 6.15. The van der Waals surface area contributed by atoms with E-state index in [1.54, 1.807) is 19.0 Å². The van der Waals surface area contributed by atoms with Crippen LogP contribution in [0.2, 0.25) is 0 Å². The molecular weight excluding hydrogens is 284 g/mol. The Balaban J connectivity index is 2.51. The van der Waals surface area contributed by atoms with Crippen molar-refractivity contribution >= 4 is 21.8 Å². The monoisotopic (exact) mass is 300 g/mol. The minimum Gasteiger partial charge on any atom is -0.387 e. The van der Waals surface area contributed by atoms with Gasteiger partial charge in [-0.15, -0.1) is 0 Å². The van der Waals surface area contributed by atoms with Gasteiger partial charge < -0.3 is 10.4 Å². The van der Waals surface area contributed by atoms with Crippen LogP contribution in [0.15, 0.2) is 28.7 Å². The number of halogens is 1. The first-order valence-electron chi connectivity index (χ1n) is 5.35. The second-order valence-corrected chi connectivity index (χ2v) is 4.85. The molecule has 1 aromatic rings. The molecule has 0 spiro atoms. The second-order valence-electron chi connectivity index (χ2n) is 3.94. The van der Waals surface area contributed by atoms with Gasteiger partial charge in [0.1, 0.15) is 0 Å². The number of rotatable bonds is 5. The van der Waals surface area contributed by atoms with Crippen molar-refractivity contribution in [2.75, 3.05) is 27.2 Å². The summed E-state index contributed by atoms with van der Waals surface area (Å²) < 4.78 is 0.979. The lowest BCUT2D eigenvalue weighted by molar-refractivity contribution is -0.121. The summed E-state index contributed by atoms with van der Waals surface area (Å²) in [7, 11) is 3.40. The number of likely N-dealkylation sites (N-methyl/N-ethyl adjacent to an activating group) is 2. The van der Waals surface area contributed by atoms with Gasteiger partial charge in [0.15, 0.2) is 0 Å². The van der Waals surface area contributed by atoms with Crippen LogP contribution in [0.4, 0.5) is 0 Å². The predicted molar refractivity (Wildman–Crippen MR) is 70.7 cm³/mol. The third-order valence-electron chi connectivity index (χ3n) is 2.43. The van der Waals surface area contributed by atoms with E-state index >= 15 is 0 Å². The Kier molecular flexibility index (Phi) is 5.61. The number of nitrogens with zero attached hydrogens (tertiary/aromatic N) is 1. The van der Waals surface area contributed by atoms with E-state index in [1.165, 1.54) is 0 Å². The van der Waals surface area contributed by atoms with Gasteiger partial charge in [-0.05, 0) is 24.7 Å². The fourth-order valence-corrected chi connectivity index (χ4v) is 1.74. The molecule has 0 aliphatic heterocycles. The van der Waals surface area contributed by atoms with Crippen LogP contribution in [0.25, 0.3) is 0 Å². The lowest BCUT2D eigenvalue weighted by Gasteiger charge is -2.19. The van der Waals surface area contributed by atoms with Crippen molar-refractivity contribution in [3.8, 4) is 0 Å². The predicted octanol–water partition coefficient (Wildman–Crippen LogP) is 1.16. The molecule has 0 fully saturated rings. The lowest BCUT2D eigenvalue weighted by atomic mass is 10.1. The minimum absolute atomic E-state index is 0.0597. The highest BCUT2D eigenvalue weighted by Crippen LogP contribution is 2.17. The molecule has 1 rings (SSSR count). The molecule has 1 atom stereocenters. The van der Waals surface area contributed by atoms with Crippen LogP contribution < -0.4 is 5.32 Å². The average molecular weight is 301 g/mol. The summed E-state index contributed by atoms with van der Waals surface area (Å²) in [4.78, 5) is 12.9. The minimum atomic E-state index is -0.585. The van der Waals surface area contributed by atoms with E-state index in [0.717, 1.165) is 10.0 Å². The van der Waals surface area contributed by atoms with Gasteiger partial charge >= 0.3 is 0 Å². The number of aliphatic hydroxyl groups is 1.